The number of aliphatic hydroxyl groups is 2. The maximum Gasteiger partial charge on any atom is 0.349 e. The van der Waals surface area contributed by atoms with Crippen LogP contribution in [0.4, 0.5) is 5.82 Å². The molecule has 0 saturated heterocycles. The number of aromatic nitrogens is 2. The van der Waals surface area contributed by atoms with Gasteiger partial charge >= 0.3 is 5.69 Å². The zero-order valence-electron chi connectivity index (χ0n) is 10.2. The van der Waals surface area contributed by atoms with E-state index in [-0.39, 0.29) is 36.7 Å². The topological polar surface area (TPSA) is 101 Å². The molecule has 6 nitrogen and oxygen atoms in total. The molecule has 1 aliphatic rings. The third-order valence-corrected chi connectivity index (χ3v) is 3.82. The maximum absolute atomic E-state index is 11.7. The molecule has 1 heterocycles. The molecule has 3 atom stereocenters. The number of hydrogen-bond acceptors (Lipinski definition) is 5. The van der Waals surface area contributed by atoms with Crippen molar-refractivity contribution in [2.45, 2.75) is 25.3 Å². The molecule has 0 radical (unpaired) electrons. The molecule has 0 aromatic carbocycles. The first-order chi connectivity index (χ1) is 8.67. The largest absolute Gasteiger partial charge is 0.396 e. The van der Waals surface area contributed by atoms with Crippen LogP contribution in [0.3, 0.4) is 0 Å². The van der Waals surface area contributed by atoms with Gasteiger partial charge in [0.2, 0.25) is 0 Å². The average Bonchev–Trinajstić information content (AvgIpc) is 2.33. The van der Waals surface area contributed by atoms with Gasteiger partial charge in [0, 0.05) is 25.5 Å². The first-order valence-corrected chi connectivity index (χ1v) is 6.23. The molecule has 1 saturated carbocycles. The average molecular weight is 253 g/mol. The van der Waals surface area contributed by atoms with Crippen molar-refractivity contribution in [3.63, 3.8) is 0 Å². The van der Waals surface area contributed by atoms with Crippen molar-refractivity contribution in [3.8, 4) is 0 Å². The predicted octanol–water partition coefficient (Wildman–Crippen LogP) is -0.233. The lowest BCUT2D eigenvalue weighted by molar-refractivity contribution is 0.0343. The lowest BCUT2D eigenvalue weighted by Gasteiger charge is -2.45. The van der Waals surface area contributed by atoms with Gasteiger partial charge in [0.05, 0.1) is 0 Å². The van der Waals surface area contributed by atoms with Crippen molar-refractivity contribution < 1.29 is 10.2 Å². The minimum atomic E-state index is -0.342. The summed E-state index contributed by atoms with van der Waals surface area (Å²) in [5.74, 6) is 0.822. The first kappa shape index (κ1) is 13.0. The molecule has 4 N–H and O–H groups in total. The molecule has 0 bridgehead atoms. The Kier molecular flexibility index (Phi) is 3.98. The van der Waals surface area contributed by atoms with Crippen LogP contribution >= 0.6 is 0 Å². The molecule has 1 aliphatic carbocycles. The molecule has 6 heteroatoms. The van der Waals surface area contributed by atoms with E-state index in [0.717, 1.165) is 12.8 Å². The van der Waals surface area contributed by atoms with Gasteiger partial charge in [-0.2, -0.15) is 4.98 Å². The molecule has 2 rings (SSSR count). The fraction of sp³-hybridized carbons (Fsp3) is 0.667. The minimum Gasteiger partial charge on any atom is -0.396 e. The van der Waals surface area contributed by atoms with Gasteiger partial charge in [-0.1, -0.05) is 0 Å². The standard InChI is InChI=1S/C12H19N3O3/c13-11-1-4-15(12(18)14-11)10-7-8(2-5-16)9(10)3-6-17/h1,4,8-10,16-17H,2-3,5-7H2,(H2,13,14,18)/t8-,9+,10+/m1/s1. The monoisotopic (exact) mass is 253 g/mol. The van der Waals surface area contributed by atoms with Crippen LogP contribution in [0, 0.1) is 11.8 Å². The lowest BCUT2D eigenvalue weighted by Crippen LogP contribution is -2.43. The highest BCUT2D eigenvalue weighted by Crippen LogP contribution is 2.46. The molecular formula is C12H19N3O3. The summed E-state index contributed by atoms with van der Waals surface area (Å²) in [4.78, 5) is 15.5. The number of nitrogens with zero attached hydrogens (tertiary/aromatic N) is 2. The Balaban J connectivity index is 2.16. The van der Waals surface area contributed by atoms with Crippen molar-refractivity contribution >= 4 is 5.82 Å². The summed E-state index contributed by atoms with van der Waals surface area (Å²) in [6, 6.07) is 1.67. The van der Waals surface area contributed by atoms with E-state index in [1.54, 1.807) is 16.8 Å². The van der Waals surface area contributed by atoms with Gasteiger partial charge in [0.1, 0.15) is 5.82 Å². The van der Waals surface area contributed by atoms with Crippen LogP contribution in [0.5, 0.6) is 0 Å². The first-order valence-electron chi connectivity index (χ1n) is 6.23. The Hall–Kier alpha value is -1.40. The van der Waals surface area contributed by atoms with Gasteiger partial charge in [-0.25, -0.2) is 4.79 Å². The molecule has 1 aromatic rings. The Morgan fingerprint density at radius 3 is 2.72 bits per heavy atom. The van der Waals surface area contributed by atoms with Gasteiger partial charge in [0.15, 0.2) is 0 Å². The molecule has 0 spiro atoms. The van der Waals surface area contributed by atoms with Crippen molar-refractivity contribution in [2.75, 3.05) is 18.9 Å². The van der Waals surface area contributed by atoms with Gasteiger partial charge in [-0.15, -0.1) is 0 Å². The van der Waals surface area contributed by atoms with E-state index < -0.39 is 0 Å². The van der Waals surface area contributed by atoms with Crippen LogP contribution in [0.1, 0.15) is 25.3 Å². The van der Waals surface area contributed by atoms with Crippen molar-refractivity contribution in [2.24, 2.45) is 11.8 Å². The quantitative estimate of drug-likeness (QED) is 0.672. The molecule has 18 heavy (non-hydrogen) atoms. The Bertz CT molecular complexity index is 460. The second-order valence-electron chi connectivity index (χ2n) is 4.79. The van der Waals surface area contributed by atoms with E-state index in [4.69, 9.17) is 15.9 Å². The Morgan fingerprint density at radius 2 is 2.11 bits per heavy atom. The van der Waals surface area contributed by atoms with Gasteiger partial charge in [-0.3, -0.25) is 4.57 Å². The summed E-state index contributed by atoms with van der Waals surface area (Å²) in [5, 5.41) is 18.1. The molecule has 100 valence electrons. The predicted molar refractivity (Wildman–Crippen MR) is 66.9 cm³/mol. The molecule has 0 unspecified atom stereocenters. The smallest absolute Gasteiger partial charge is 0.349 e. The number of nitrogen functional groups attached to an aromatic ring is 1. The highest BCUT2D eigenvalue weighted by Gasteiger charge is 2.41. The summed E-state index contributed by atoms with van der Waals surface area (Å²) in [6.07, 6.45) is 3.87. The van der Waals surface area contributed by atoms with Crippen molar-refractivity contribution in [1.29, 1.82) is 0 Å². The SMILES string of the molecule is Nc1ccn([C@H]2C[C@@H](CCO)[C@@H]2CCO)c(=O)n1. The molecule has 0 aliphatic heterocycles. The number of hydrogen-bond donors (Lipinski definition) is 3. The highest BCUT2D eigenvalue weighted by molar-refractivity contribution is 5.23. The van der Waals surface area contributed by atoms with Crippen LogP contribution in [0.2, 0.25) is 0 Å². The van der Waals surface area contributed by atoms with E-state index >= 15 is 0 Å². The number of rotatable bonds is 5. The minimum absolute atomic E-state index is 0.0642. The van der Waals surface area contributed by atoms with E-state index in [2.05, 4.69) is 4.98 Å². The fourth-order valence-corrected chi connectivity index (χ4v) is 2.85. The summed E-state index contributed by atoms with van der Waals surface area (Å²) in [6.45, 7) is 0.244. The Labute approximate surface area is 105 Å². The Morgan fingerprint density at radius 1 is 1.39 bits per heavy atom. The lowest BCUT2D eigenvalue weighted by atomic mass is 9.66. The fourth-order valence-electron chi connectivity index (χ4n) is 2.85. The second-order valence-corrected chi connectivity index (χ2v) is 4.79. The third kappa shape index (κ3) is 2.39. The van der Waals surface area contributed by atoms with E-state index in [1.165, 1.54) is 0 Å². The van der Waals surface area contributed by atoms with Gasteiger partial charge < -0.3 is 15.9 Å². The van der Waals surface area contributed by atoms with Crippen molar-refractivity contribution in [1.82, 2.24) is 9.55 Å². The molecule has 0 amide bonds. The van der Waals surface area contributed by atoms with Crippen LogP contribution in [0.25, 0.3) is 0 Å². The maximum atomic E-state index is 11.7. The number of anilines is 1. The second kappa shape index (κ2) is 5.49. The third-order valence-electron chi connectivity index (χ3n) is 3.82. The van der Waals surface area contributed by atoms with E-state index in [0.29, 0.717) is 12.3 Å². The van der Waals surface area contributed by atoms with Crippen LogP contribution in [-0.2, 0) is 0 Å². The zero-order valence-corrected chi connectivity index (χ0v) is 10.2. The summed E-state index contributed by atoms with van der Waals surface area (Å²) >= 11 is 0. The molecular weight excluding hydrogens is 234 g/mol. The highest BCUT2D eigenvalue weighted by atomic mass is 16.3. The number of aliphatic hydroxyl groups excluding tert-OH is 2. The summed E-state index contributed by atoms with van der Waals surface area (Å²) < 4.78 is 1.59. The number of nitrogens with two attached hydrogens (primary N) is 1. The summed E-state index contributed by atoms with van der Waals surface area (Å²) in [5.41, 5.74) is 5.12. The van der Waals surface area contributed by atoms with Gasteiger partial charge in [0.25, 0.3) is 0 Å². The van der Waals surface area contributed by atoms with E-state index in [1.807, 2.05) is 0 Å². The van der Waals surface area contributed by atoms with E-state index in [9.17, 15) is 4.79 Å². The normalized spacial score (nSPS) is 26.9. The molecule has 1 aromatic heterocycles. The van der Waals surface area contributed by atoms with Gasteiger partial charge in [-0.05, 0) is 37.2 Å². The van der Waals surface area contributed by atoms with Crippen LogP contribution in [0.15, 0.2) is 17.1 Å². The van der Waals surface area contributed by atoms with Crippen molar-refractivity contribution in [3.05, 3.63) is 22.7 Å². The zero-order chi connectivity index (χ0) is 13.1. The van der Waals surface area contributed by atoms with Crippen LogP contribution < -0.4 is 11.4 Å². The molecule has 1 fully saturated rings. The summed E-state index contributed by atoms with van der Waals surface area (Å²) in [7, 11) is 0. The van der Waals surface area contributed by atoms with Crippen LogP contribution in [-0.4, -0.2) is 33.0 Å².